The Morgan fingerprint density at radius 1 is 1.25 bits per heavy atom. The van der Waals surface area contributed by atoms with E-state index in [0.29, 0.717) is 5.92 Å². The molecule has 1 rings (SSSR count). The molecule has 0 aliphatic heterocycles. The first-order valence-electron chi connectivity index (χ1n) is 6.34. The van der Waals surface area contributed by atoms with Gasteiger partial charge in [-0.25, -0.2) is 0 Å². The van der Waals surface area contributed by atoms with E-state index in [1.807, 2.05) is 6.07 Å². The average Bonchev–Trinajstić information content (AvgIpc) is 2.35. The van der Waals surface area contributed by atoms with Gasteiger partial charge in [-0.1, -0.05) is 39.7 Å². The van der Waals surface area contributed by atoms with Crippen molar-refractivity contribution in [3.8, 4) is 0 Å². The third-order valence-corrected chi connectivity index (χ3v) is 3.33. The summed E-state index contributed by atoms with van der Waals surface area (Å²) in [7, 11) is 0. The van der Waals surface area contributed by atoms with Gasteiger partial charge in [-0.2, -0.15) is 0 Å². The number of hydrogen-bond acceptors (Lipinski definition) is 2. The van der Waals surface area contributed by atoms with Crippen LogP contribution < -0.4 is 0 Å². The fourth-order valence-electron chi connectivity index (χ4n) is 2.10. The summed E-state index contributed by atoms with van der Waals surface area (Å²) in [6.07, 6.45) is 5.38. The molecule has 1 N–H and O–H groups in total. The van der Waals surface area contributed by atoms with Crippen molar-refractivity contribution < 1.29 is 5.11 Å². The van der Waals surface area contributed by atoms with Gasteiger partial charge in [0, 0.05) is 6.20 Å². The lowest BCUT2D eigenvalue weighted by Crippen LogP contribution is -2.09. The number of nitrogens with zero attached hydrogens (tertiary/aromatic N) is 1. The molecule has 0 spiro atoms. The third-order valence-electron chi connectivity index (χ3n) is 3.33. The van der Waals surface area contributed by atoms with Gasteiger partial charge in [0.15, 0.2) is 0 Å². The highest BCUT2D eigenvalue weighted by molar-refractivity contribution is 5.21. The van der Waals surface area contributed by atoms with Gasteiger partial charge >= 0.3 is 0 Å². The van der Waals surface area contributed by atoms with Crippen molar-refractivity contribution in [1.82, 2.24) is 4.98 Å². The molecular weight excluding hydrogens is 198 g/mol. The summed E-state index contributed by atoms with van der Waals surface area (Å²) in [6.45, 7) is 6.46. The molecule has 0 fully saturated rings. The molecule has 0 aromatic carbocycles. The molecule has 0 bridgehead atoms. The molecular formula is C14H23NO. The highest BCUT2D eigenvalue weighted by Crippen LogP contribution is 2.25. The van der Waals surface area contributed by atoms with Crippen LogP contribution in [0, 0.1) is 5.92 Å². The predicted molar refractivity (Wildman–Crippen MR) is 67.3 cm³/mol. The quantitative estimate of drug-likeness (QED) is 0.797. The largest absolute Gasteiger partial charge is 0.387 e. The molecule has 1 heterocycles. The van der Waals surface area contributed by atoms with Gasteiger partial charge < -0.3 is 5.11 Å². The minimum Gasteiger partial charge on any atom is -0.387 e. The Kier molecular flexibility index (Phi) is 5.47. The number of aliphatic hydroxyl groups excluding tert-OH is 1. The second kappa shape index (κ2) is 6.64. The Morgan fingerprint density at radius 2 is 1.94 bits per heavy atom. The molecule has 16 heavy (non-hydrogen) atoms. The zero-order valence-electron chi connectivity index (χ0n) is 10.6. The molecule has 0 saturated heterocycles. The number of pyridine rings is 1. The zero-order chi connectivity index (χ0) is 12.0. The lowest BCUT2D eigenvalue weighted by Gasteiger charge is -2.18. The first-order valence-corrected chi connectivity index (χ1v) is 6.34. The summed E-state index contributed by atoms with van der Waals surface area (Å²) >= 11 is 0. The van der Waals surface area contributed by atoms with Gasteiger partial charge in [0.25, 0.3) is 0 Å². The van der Waals surface area contributed by atoms with Crippen LogP contribution in [-0.4, -0.2) is 10.1 Å². The molecule has 1 aromatic rings. The predicted octanol–water partition coefficient (Wildman–Crippen LogP) is 3.50. The molecule has 0 amide bonds. The number of aromatic nitrogens is 1. The summed E-state index contributed by atoms with van der Waals surface area (Å²) in [6, 6.07) is 3.99. The Labute approximate surface area is 98.7 Å². The fourth-order valence-corrected chi connectivity index (χ4v) is 2.10. The number of hydrogen-bond donors (Lipinski definition) is 1. The maximum absolute atomic E-state index is 10.2. The van der Waals surface area contributed by atoms with Crippen molar-refractivity contribution in [2.24, 2.45) is 5.92 Å². The standard InChI is InChI=1S/C14H23NO/c1-4-11(5-2)10-13(16)14-12(6-3)8-7-9-15-14/h7-9,11,13,16H,4-6,10H2,1-3H3. The van der Waals surface area contributed by atoms with Gasteiger partial charge in [0.05, 0.1) is 11.8 Å². The number of rotatable bonds is 6. The minimum atomic E-state index is -0.402. The summed E-state index contributed by atoms with van der Waals surface area (Å²) in [5.41, 5.74) is 2.04. The molecule has 1 atom stereocenters. The van der Waals surface area contributed by atoms with E-state index in [9.17, 15) is 5.11 Å². The lowest BCUT2D eigenvalue weighted by molar-refractivity contribution is 0.136. The van der Waals surface area contributed by atoms with Crippen molar-refractivity contribution in [2.75, 3.05) is 0 Å². The van der Waals surface area contributed by atoms with Crippen LogP contribution in [0.15, 0.2) is 18.3 Å². The van der Waals surface area contributed by atoms with Crippen LogP contribution in [0.25, 0.3) is 0 Å². The Bertz CT molecular complexity index is 307. The average molecular weight is 221 g/mol. The second-order valence-corrected chi connectivity index (χ2v) is 4.34. The topological polar surface area (TPSA) is 33.1 Å². The van der Waals surface area contributed by atoms with Crippen LogP contribution in [-0.2, 0) is 6.42 Å². The monoisotopic (exact) mass is 221 g/mol. The van der Waals surface area contributed by atoms with Gasteiger partial charge in [0.1, 0.15) is 0 Å². The van der Waals surface area contributed by atoms with Crippen molar-refractivity contribution in [1.29, 1.82) is 0 Å². The van der Waals surface area contributed by atoms with Gasteiger partial charge in [-0.15, -0.1) is 0 Å². The van der Waals surface area contributed by atoms with Crippen LogP contribution >= 0.6 is 0 Å². The highest BCUT2D eigenvalue weighted by atomic mass is 16.3. The lowest BCUT2D eigenvalue weighted by atomic mass is 9.93. The van der Waals surface area contributed by atoms with Gasteiger partial charge in [-0.05, 0) is 30.4 Å². The summed E-state index contributed by atoms with van der Waals surface area (Å²) in [4.78, 5) is 4.32. The van der Waals surface area contributed by atoms with Crippen LogP contribution in [0.2, 0.25) is 0 Å². The van der Waals surface area contributed by atoms with Crippen LogP contribution in [0.3, 0.4) is 0 Å². The summed E-state index contributed by atoms with van der Waals surface area (Å²) < 4.78 is 0. The van der Waals surface area contributed by atoms with E-state index < -0.39 is 6.10 Å². The van der Waals surface area contributed by atoms with E-state index >= 15 is 0 Å². The SMILES string of the molecule is CCc1cccnc1C(O)CC(CC)CC. The second-order valence-electron chi connectivity index (χ2n) is 4.34. The fraction of sp³-hybridized carbons (Fsp3) is 0.643. The molecule has 0 aliphatic rings. The van der Waals surface area contributed by atoms with Crippen LogP contribution in [0.5, 0.6) is 0 Å². The third kappa shape index (κ3) is 3.31. The highest BCUT2D eigenvalue weighted by Gasteiger charge is 2.16. The minimum absolute atomic E-state index is 0.402. The smallest absolute Gasteiger partial charge is 0.0965 e. The zero-order valence-corrected chi connectivity index (χ0v) is 10.6. The van der Waals surface area contributed by atoms with Crippen molar-refractivity contribution in [3.63, 3.8) is 0 Å². The molecule has 90 valence electrons. The van der Waals surface area contributed by atoms with Crippen molar-refractivity contribution in [3.05, 3.63) is 29.6 Å². The van der Waals surface area contributed by atoms with Gasteiger partial charge in [0.2, 0.25) is 0 Å². The molecule has 1 unspecified atom stereocenters. The van der Waals surface area contributed by atoms with Crippen LogP contribution in [0.1, 0.15) is 57.4 Å². The van der Waals surface area contributed by atoms with E-state index in [0.717, 1.165) is 31.4 Å². The van der Waals surface area contributed by atoms with E-state index in [2.05, 4.69) is 31.8 Å². The van der Waals surface area contributed by atoms with Crippen molar-refractivity contribution in [2.45, 2.75) is 52.6 Å². The maximum atomic E-state index is 10.2. The molecule has 1 aromatic heterocycles. The first-order chi connectivity index (χ1) is 7.72. The van der Waals surface area contributed by atoms with Crippen molar-refractivity contribution >= 4 is 0 Å². The Morgan fingerprint density at radius 3 is 2.50 bits per heavy atom. The first kappa shape index (κ1) is 13.2. The van der Waals surface area contributed by atoms with E-state index in [1.54, 1.807) is 6.20 Å². The summed E-state index contributed by atoms with van der Waals surface area (Å²) in [5.74, 6) is 0.599. The van der Waals surface area contributed by atoms with E-state index in [-0.39, 0.29) is 0 Å². The molecule has 0 saturated carbocycles. The summed E-state index contributed by atoms with van der Waals surface area (Å²) in [5, 5.41) is 10.2. The normalized spacial score (nSPS) is 13.1. The van der Waals surface area contributed by atoms with E-state index in [1.165, 1.54) is 5.56 Å². The number of aryl methyl sites for hydroxylation is 1. The number of aliphatic hydroxyl groups is 1. The molecule has 2 heteroatoms. The maximum Gasteiger partial charge on any atom is 0.0965 e. The van der Waals surface area contributed by atoms with Gasteiger partial charge in [-0.3, -0.25) is 4.98 Å². The molecule has 0 aliphatic carbocycles. The van der Waals surface area contributed by atoms with E-state index in [4.69, 9.17) is 0 Å². The Hall–Kier alpha value is -0.890. The molecule has 2 nitrogen and oxygen atoms in total. The van der Waals surface area contributed by atoms with Crippen LogP contribution in [0.4, 0.5) is 0 Å². The Balaban J connectivity index is 2.75. The molecule has 0 radical (unpaired) electrons.